The van der Waals surface area contributed by atoms with Crippen LogP contribution < -0.4 is 11.1 Å². The summed E-state index contributed by atoms with van der Waals surface area (Å²) >= 11 is 0. The number of rotatable bonds is 5. The van der Waals surface area contributed by atoms with Crippen LogP contribution in [0.15, 0.2) is 0 Å². The van der Waals surface area contributed by atoms with Crippen LogP contribution in [0.4, 0.5) is 0 Å². The van der Waals surface area contributed by atoms with Gasteiger partial charge in [-0.2, -0.15) is 0 Å². The molecule has 2 saturated carbocycles. The molecular weight excluding hydrogens is 272 g/mol. The minimum absolute atomic E-state index is 0. The fourth-order valence-electron chi connectivity index (χ4n) is 3.88. The summed E-state index contributed by atoms with van der Waals surface area (Å²) < 4.78 is 0. The van der Waals surface area contributed by atoms with Crippen LogP contribution in [0.1, 0.15) is 58.3 Å². The summed E-state index contributed by atoms with van der Waals surface area (Å²) in [5.74, 6) is 2.53. The van der Waals surface area contributed by atoms with Crippen molar-refractivity contribution in [3.8, 4) is 0 Å². The average molecular weight is 303 g/mol. The summed E-state index contributed by atoms with van der Waals surface area (Å²) in [5.41, 5.74) is 5.75. The largest absolute Gasteiger partial charge is 0.356 e. The highest BCUT2D eigenvalue weighted by molar-refractivity contribution is 5.85. The Morgan fingerprint density at radius 2 is 1.75 bits per heavy atom. The van der Waals surface area contributed by atoms with Crippen molar-refractivity contribution in [3.63, 3.8) is 0 Å². The molecule has 0 aromatic carbocycles. The Hall–Kier alpha value is -0.280. The second-order valence-corrected chi connectivity index (χ2v) is 6.57. The summed E-state index contributed by atoms with van der Waals surface area (Å²) in [4.78, 5) is 12.2. The van der Waals surface area contributed by atoms with Crippen LogP contribution in [0.25, 0.3) is 0 Å². The standard InChI is InChI=1S/C16H30N2O.ClH/c1-2-12-6-8-13(9-7-12)11-18-16(19)15-5-3-4-14(15)10-17;/h12-15H,2-11,17H2,1H3,(H,18,19);1H/t12?,13?,14-,15-;/m1./s1. The van der Waals surface area contributed by atoms with Crippen LogP contribution in [0.3, 0.4) is 0 Å². The van der Waals surface area contributed by atoms with E-state index in [2.05, 4.69) is 12.2 Å². The Bertz CT molecular complexity index is 290. The summed E-state index contributed by atoms with van der Waals surface area (Å²) in [6.45, 7) is 3.85. The van der Waals surface area contributed by atoms with Gasteiger partial charge in [0.1, 0.15) is 0 Å². The zero-order valence-corrected chi connectivity index (χ0v) is 13.6. The van der Waals surface area contributed by atoms with Crippen molar-refractivity contribution in [1.29, 1.82) is 0 Å². The lowest BCUT2D eigenvalue weighted by Crippen LogP contribution is -2.38. The predicted molar refractivity (Wildman–Crippen MR) is 85.9 cm³/mol. The minimum Gasteiger partial charge on any atom is -0.356 e. The molecule has 4 heteroatoms. The first-order valence-electron chi connectivity index (χ1n) is 8.22. The van der Waals surface area contributed by atoms with Gasteiger partial charge in [0.15, 0.2) is 0 Å². The molecular formula is C16H31ClN2O. The summed E-state index contributed by atoms with van der Waals surface area (Å²) in [6.07, 6.45) is 9.96. The SMILES string of the molecule is CCC1CCC(CNC(=O)[C@@H]2CCC[C@@H]2CN)CC1.Cl. The third kappa shape index (κ3) is 4.63. The molecule has 0 unspecified atom stereocenters. The van der Waals surface area contributed by atoms with Crippen molar-refractivity contribution in [3.05, 3.63) is 0 Å². The molecule has 0 bridgehead atoms. The van der Waals surface area contributed by atoms with E-state index < -0.39 is 0 Å². The van der Waals surface area contributed by atoms with E-state index in [1.54, 1.807) is 0 Å². The van der Waals surface area contributed by atoms with Crippen molar-refractivity contribution < 1.29 is 4.79 Å². The van der Waals surface area contributed by atoms with E-state index in [0.717, 1.165) is 25.3 Å². The van der Waals surface area contributed by atoms with Crippen LogP contribution in [0.2, 0.25) is 0 Å². The van der Waals surface area contributed by atoms with E-state index in [1.807, 2.05) is 0 Å². The van der Waals surface area contributed by atoms with Crippen molar-refractivity contribution in [2.75, 3.05) is 13.1 Å². The first kappa shape index (κ1) is 17.8. The molecule has 2 fully saturated rings. The lowest BCUT2D eigenvalue weighted by atomic mass is 9.81. The van der Waals surface area contributed by atoms with Crippen LogP contribution in [-0.4, -0.2) is 19.0 Å². The number of carbonyl (C=O) groups excluding carboxylic acids is 1. The van der Waals surface area contributed by atoms with E-state index in [-0.39, 0.29) is 24.2 Å². The second-order valence-electron chi connectivity index (χ2n) is 6.57. The molecule has 20 heavy (non-hydrogen) atoms. The van der Waals surface area contributed by atoms with Gasteiger partial charge in [0.05, 0.1) is 0 Å². The summed E-state index contributed by atoms with van der Waals surface area (Å²) in [7, 11) is 0. The molecule has 0 aromatic heterocycles. The van der Waals surface area contributed by atoms with Gasteiger partial charge < -0.3 is 11.1 Å². The van der Waals surface area contributed by atoms with Gasteiger partial charge in [-0.3, -0.25) is 4.79 Å². The van der Waals surface area contributed by atoms with Crippen molar-refractivity contribution in [1.82, 2.24) is 5.32 Å². The molecule has 3 N–H and O–H groups in total. The van der Waals surface area contributed by atoms with Gasteiger partial charge in [0.25, 0.3) is 0 Å². The number of amides is 1. The predicted octanol–water partition coefficient (Wildman–Crippen LogP) is 3.12. The first-order chi connectivity index (χ1) is 9.24. The van der Waals surface area contributed by atoms with Crippen LogP contribution >= 0.6 is 12.4 Å². The Morgan fingerprint density at radius 1 is 1.10 bits per heavy atom. The normalized spacial score (nSPS) is 33.5. The van der Waals surface area contributed by atoms with Gasteiger partial charge in [-0.1, -0.05) is 32.6 Å². The molecule has 0 saturated heterocycles. The average Bonchev–Trinajstić information content (AvgIpc) is 2.93. The van der Waals surface area contributed by atoms with Gasteiger partial charge in [-0.15, -0.1) is 12.4 Å². The van der Waals surface area contributed by atoms with E-state index in [1.165, 1.54) is 38.5 Å². The van der Waals surface area contributed by atoms with E-state index in [9.17, 15) is 4.79 Å². The lowest BCUT2D eigenvalue weighted by molar-refractivity contribution is -0.126. The molecule has 1 amide bonds. The smallest absolute Gasteiger partial charge is 0.223 e. The van der Waals surface area contributed by atoms with Crippen LogP contribution in [0, 0.1) is 23.7 Å². The summed E-state index contributed by atoms with van der Waals surface area (Å²) in [6, 6.07) is 0. The Morgan fingerprint density at radius 3 is 2.35 bits per heavy atom. The molecule has 118 valence electrons. The van der Waals surface area contributed by atoms with Crippen LogP contribution in [-0.2, 0) is 4.79 Å². The minimum atomic E-state index is 0. The fraction of sp³-hybridized carbons (Fsp3) is 0.938. The molecule has 3 nitrogen and oxygen atoms in total. The molecule has 2 aliphatic rings. The quantitative estimate of drug-likeness (QED) is 0.820. The van der Waals surface area contributed by atoms with E-state index >= 15 is 0 Å². The Labute approximate surface area is 129 Å². The maximum absolute atomic E-state index is 12.2. The molecule has 2 rings (SSSR count). The Balaban J connectivity index is 0.00000200. The number of carbonyl (C=O) groups is 1. The molecule has 2 atom stereocenters. The summed E-state index contributed by atoms with van der Waals surface area (Å²) in [5, 5.41) is 3.20. The maximum Gasteiger partial charge on any atom is 0.223 e. The van der Waals surface area contributed by atoms with Gasteiger partial charge in [0, 0.05) is 12.5 Å². The van der Waals surface area contributed by atoms with Crippen LogP contribution in [0.5, 0.6) is 0 Å². The number of hydrogen-bond donors (Lipinski definition) is 2. The number of nitrogens with two attached hydrogens (primary N) is 1. The van der Waals surface area contributed by atoms with Gasteiger partial charge in [-0.25, -0.2) is 0 Å². The second kappa shape index (κ2) is 8.89. The zero-order valence-electron chi connectivity index (χ0n) is 12.8. The van der Waals surface area contributed by atoms with Crippen molar-refractivity contribution >= 4 is 18.3 Å². The topological polar surface area (TPSA) is 55.1 Å². The highest BCUT2D eigenvalue weighted by Gasteiger charge is 2.32. The first-order valence-corrected chi connectivity index (χ1v) is 8.22. The highest BCUT2D eigenvalue weighted by Crippen LogP contribution is 2.32. The van der Waals surface area contributed by atoms with E-state index in [0.29, 0.717) is 18.4 Å². The van der Waals surface area contributed by atoms with Gasteiger partial charge in [-0.05, 0) is 50.0 Å². The fourth-order valence-corrected chi connectivity index (χ4v) is 3.88. The van der Waals surface area contributed by atoms with Gasteiger partial charge in [0.2, 0.25) is 5.91 Å². The number of halogens is 1. The molecule has 0 aliphatic heterocycles. The lowest BCUT2D eigenvalue weighted by Gasteiger charge is -2.28. The van der Waals surface area contributed by atoms with Crippen molar-refractivity contribution in [2.45, 2.75) is 58.3 Å². The third-order valence-electron chi connectivity index (χ3n) is 5.41. The molecule has 0 spiro atoms. The molecule has 0 heterocycles. The monoisotopic (exact) mass is 302 g/mol. The number of hydrogen-bond acceptors (Lipinski definition) is 2. The van der Waals surface area contributed by atoms with Gasteiger partial charge >= 0.3 is 0 Å². The third-order valence-corrected chi connectivity index (χ3v) is 5.41. The number of nitrogens with one attached hydrogen (secondary N) is 1. The van der Waals surface area contributed by atoms with Crippen molar-refractivity contribution in [2.24, 2.45) is 29.4 Å². The maximum atomic E-state index is 12.2. The Kier molecular flexibility index (Phi) is 7.90. The molecule has 2 aliphatic carbocycles. The highest BCUT2D eigenvalue weighted by atomic mass is 35.5. The molecule has 0 aromatic rings. The van der Waals surface area contributed by atoms with E-state index in [4.69, 9.17) is 5.73 Å². The zero-order chi connectivity index (χ0) is 13.7. The molecule has 0 radical (unpaired) electrons.